The topological polar surface area (TPSA) is 55.4 Å². The van der Waals surface area contributed by atoms with Gasteiger partial charge in [-0.1, -0.05) is 0 Å². The highest BCUT2D eigenvalue weighted by atomic mass is 16.6. The molecule has 0 saturated heterocycles. The molecule has 0 fully saturated rings. The quantitative estimate of drug-likeness (QED) is 0.895. The molecule has 5 nitrogen and oxygen atoms in total. The molecular weight excluding hydrogens is 254 g/mol. The molecule has 5 heteroatoms. The molecule has 2 aromatic rings. The number of aromatic nitrogens is 1. The van der Waals surface area contributed by atoms with E-state index in [-0.39, 0.29) is 0 Å². The Morgan fingerprint density at radius 2 is 1.80 bits per heavy atom. The first kappa shape index (κ1) is 12.6. The Kier molecular flexibility index (Phi) is 3.58. The smallest absolute Gasteiger partial charge is 0.163 e. The highest BCUT2D eigenvalue weighted by Crippen LogP contribution is 2.33. The minimum Gasteiger partial charge on any atom is -0.486 e. The number of ether oxygens (including phenoxy) is 2. The monoisotopic (exact) mass is 271 g/mol. The van der Waals surface area contributed by atoms with Crippen molar-refractivity contribution in [2.75, 3.05) is 30.4 Å². The molecule has 0 saturated carbocycles. The van der Waals surface area contributed by atoms with E-state index in [9.17, 15) is 0 Å². The first-order valence-corrected chi connectivity index (χ1v) is 6.71. The summed E-state index contributed by atoms with van der Waals surface area (Å²) in [6.07, 6.45) is 3.59. The number of pyridine rings is 1. The third-order valence-electron chi connectivity index (χ3n) is 2.95. The third-order valence-corrected chi connectivity index (χ3v) is 2.95. The Balaban J connectivity index is 1.78. The maximum atomic E-state index is 5.57. The van der Waals surface area contributed by atoms with Crippen molar-refractivity contribution >= 4 is 17.1 Å². The third kappa shape index (κ3) is 2.77. The van der Waals surface area contributed by atoms with Crippen LogP contribution in [-0.2, 0) is 0 Å². The number of benzene rings is 1. The molecule has 20 heavy (non-hydrogen) atoms. The molecule has 0 amide bonds. The Labute approximate surface area is 117 Å². The summed E-state index contributed by atoms with van der Waals surface area (Å²) >= 11 is 0. The van der Waals surface area contributed by atoms with Crippen molar-refractivity contribution in [3.8, 4) is 11.5 Å². The van der Waals surface area contributed by atoms with Crippen molar-refractivity contribution in [2.24, 2.45) is 0 Å². The van der Waals surface area contributed by atoms with Gasteiger partial charge in [0.2, 0.25) is 0 Å². The van der Waals surface area contributed by atoms with Gasteiger partial charge in [0.05, 0.1) is 23.8 Å². The van der Waals surface area contributed by atoms with Gasteiger partial charge in [-0.2, -0.15) is 0 Å². The zero-order chi connectivity index (χ0) is 13.8. The number of hydrogen-bond acceptors (Lipinski definition) is 5. The molecule has 1 aromatic carbocycles. The molecule has 0 unspecified atom stereocenters. The van der Waals surface area contributed by atoms with Crippen molar-refractivity contribution in [1.29, 1.82) is 0 Å². The number of nitrogens with one attached hydrogen (secondary N) is 2. The summed E-state index contributed by atoms with van der Waals surface area (Å²) in [5.41, 5.74) is 2.87. The van der Waals surface area contributed by atoms with E-state index in [1.165, 1.54) is 0 Å². The lowest BCUT2D eigenvalue weighted by atomic mass is 10.2. The van der Waals surface area contributed by atoms with Crippen LogP contribution in [0.3, 0.4) is 0 Å². The summed E-state index contributed by atoms with van der Waals surface area (Å²) in [7, 11) is 0. The molecule has 0 bridgehead atoms. The minimum atomic E-state index is 0.591. The van der Waals surface area contributed by atoms with E-state index >= 15 is 0 Å². The van der Waals surface area contributed by atoms with Crippen molar-refractivity contribution in [1.82, 2.24) is 4.98 Å². The van der Waals surface area contributed by atoms with E-state index in [2.05, 4.69) is 22.5 Å². The summed E-state index contributed by atoms with van der Waals surface area (Å²) in [4.78, 5) is 4.21. The number of rotatable bonds is 4. The van der Waals surface area contributed by atoms with Crippen LogP contribution < -0.4 is 20.1 Å². The highest BCUT2D eigenvalue weighted by molar-refractivity contribution is 5.65. The number of fused-ring (bicyclic) bond motifs is 1. The van der Waals surface area contributed by atoms with Gasteiger partial charge in [0.1, 0.15) is 13.2 Å². The molecule has 0 aliphatic carbocycles. The van der Waals surface area contributed by atoms with Crippen LogP contribution in [0.25, 0.3) is 0 Å². The van der Waals surface area contributed by atoms with Crippen LogP contribution >= 0.6 is 0 Å². The van der Waals surface area contributed by atoms with Gasteiger partial charge in [0.15, 0.2) is 11.5 Å². The second kappa shape index (κ2) is 5.69. The van der Waals surface area contributed by atoms with Gasteiger partial charge < -0.3 is 20.1 Å². The second-order valence-electron chi connectivity index (χ2n) is 4.48. The zero-order valence-corrected chi connectivity index (χ0v) is 11.3. The van der Waals surface area contributed by atoms with Gasteiger partial charge in [-0.05, 0) is 25.1 Å². The number of hydrogen-bond donors (Lipinski definition) is 2. The second-order valence-corrected chi connectivity index (χ2v) is 4.48. The lowest BCUT2D eigenvalue weighted by molar-refractivity contribution is 0.171. The fourth-order valence-corrected chi connectivity index (χ4v) is 2.10. The fraction of sp³-hybridized carbons (Fsp3) is 0.267. The SMILES string of the molecule is CCNc1cncc(Nc2ccc3c(c2)OCCO3)c1. The van der Waals surface area contributed by atoms with Gasteiger partial charge in [-0.25, -0.2) is 0 Å². The van der Waals surface area contributed by atoms with E-state index in [0.717, 1.165) is 35.1 Å². The Bertz CT molecular complexity index is 601. The van der Waals surface area contributed by atoms with Gasteiger partial charge in [-0.15, -0.1) is 0 Å². The molecular formula is C15H17N3O2. The summed E-state index contributed by atoms with van der Waals surface area (Å²) in [5.74, 6) is 1.57. The normalized spacial score (nSPS) is 12.8. The fourth-order valence-electron chi connectivity index (χ4n) is 2.10. The highest BCUT2D eigenvalue weighted by Gasteiger charge is 2.11. The van der Waals surface area contributed by atoms with Crippen molar-refractivity contribution in [3.05, 3.63) is 36.7 Å². The largest absolute Gasteiger partial charge is 0.486 e. The molecule has 2 N–H and O–H groups in total. The summed E-state index contributed by atoms with van der Waals surface area (Å²) in [6.45, 7) is 4.12. The van der Waals surface area contributed by atoms with Crippen molar-refractivity contribution in [3.63, 3.8) is 0 Å². The summed E-state index contributed by atoms with van der Waals surface area (Å²) in [6, 6.07) is 7.84. The molecule has 0 atom stereocenters. The molecule has 3 rings (SSSR count). The Morgan fingerprint density at radius 3 is 2.65 bits per heavy atom. The predicted molar refractivity (Wildman–Crippen MR) is 79.1 cm³/mol. The molecule has 104 valence electrons. The molecule has 1 aromatic heterocycles. The van der Waals surface area contributed by atoms with E-state index < -0.39 is 0 Å². The maximum absolute atomic E-state index is 5.57. The predicted octanol–water partition coefficient (Wildman–Crippen LogP) is 3.03. The molecule has 0 spiro atoms. The molecule has 1 aliphatic heterocycles. The summed E-state index contributed by atoms with van der Waals surface area (Å²) in [5, 5.41) is 6.55. The van der Waals surface area contributed by atoms with Crippen LogP contribution in [0, 0.1) is 0 Å². The lowest BCUT2D eigenvalue weighted by Crippen LogP contribution is -2.15. The lowest BCUT2D eigenvalue weighted by Gasteiger charge is -2.19. The Morgan fingerprint density at radius 1 is 1.00 bits per heavy atom. The molecule has 2 heterocycles. The Hall–Kier alpha value is -2.43. The van der Waals surface area contributed by atoms with Gasteiger partial charge in [0, 0.05) is 18.3 Å². The van der Waals surface area contributed by atoms with E-state index in [4.69, 9.17) is 9.47 Å². The standard InChI is InChI=1S/C15H17N3O2/c1-2-17-12-7-13(10-16-9-12)18-11-3-4-14-15(8-11)20-6-5-19-14/h3-4,7-10,17-18H,2,5-6H2,1H3. The van der Waals surface area contributed by atoms with E-state index in [1.807, 2.05) is 24.3 Å². The van der Waals surface area contributed by atoms with Crippen LogP contribution in [0.15, 0.2) is 36.7 Å². The van der Waals surface area contributed by atoms with Crippen LogP contribution in [0.4, 0.5) is 17.1 Å². The van der Waals surface area contributed by atoms with Crippen LogP contribution in [-0.4, -0.2) is 24.7 Å². The average molecular weight is 271 g/mol. The first-order valence-electron chi connectivity index (χ1n) is 6.71. The van der Waals surface area contributed by atoms with E-state index in [1.54, 1.807) is 12.4 Å². The molecule has 0 radical (unpaired) electrons. The zero-order valence-electron chi connectivity index (χ0n) is 11.3. The van der Waals surface area contributed by atoms with Crippen LogP contribution in [0.5, 0.6) is 11.5 Å². The minimum absolute atomic E-state index is 0.591. The van der Waals surface area contributed by atoms with Crippen molar-refractivity contribution in [2.45, 2.75) is 6.92 Å². The van der Waals surface area contributed by atoms with Gasteiger partial charge >= 0.3 is 0 Å². The maximum Gasteiger partial charge on any atom is 0.163 e. The van der Waals surface area contributed by atoms with Gasteiger partial charge in [0.25, 0.3) is 0 Å². The first-order chi connectivity index (χ1) is 9.85. The number of nitrogens with zero attached hydrogens (tertiary/aromatic N) is 1. The average Bonchev–Trinajstić information content (AvgIpc) is 2.48. The summed E-state index contributed by atoms with van der Waals surface area (Å²) < 4.78 is 11.1. The van der Waals surface area contributed by atoms with Crippen LogP contribution in [0.1, 0.15) is 6.92 Å². The van der Waals surface area contributed by atoms with Gasteiger partial charge in [-0.3, -0.25) is 4.98 Å². The number of anilines is 3. The van der Waals surface area contributed by atoms with Crippen LogP contribution in [0.2, 0.25) is 0 Å². The van der Waals surface area contributed by atoms with E-state index in [0.29, 0.717) is 13.2 Å². The van der Waals surface area contributed by atoms with Crippen molar-refractivity contribution < 1.29 is 9.47 Å². The molecule has 1 aliphatic rings.